The highest BCUT2D eigenvalue weighted by Gasteiger charge is 2.22. The Labute approximate surface area is 329 Å². The largest absolute Gasteiger partial charge is 0.394 e. The molecule has 5 heteroatoms. The molecular weight excluding hydrogens is 655 g/mol. The van der Waals surface area contributed by atoms with Crippen LogP contribution in [0, 0.1) is 0 Å². The third-order valence-corrected chi connectivity index (χ3v) is 10.4. The summed E-state index contributed by atoms with van der Waals surface area (Å²) in [5.74, 6) is -0.514. The summed E-state index contributed by atoms with van der Waals surface area (Å²) < 4.78 is 0. The van der Waals surface area contributed by atoms with Gasteiger partial charge in [0.2, 0.25) is 5.91 Å². The maximum Gasteiger partial charge on any atom is 0.249 e. The Balaban J connectivity index is 3.69. The Morgan fingerprint density at radius 3 is 1.36 bits per heavy atom. The van der Waals surface area contributed by atoms with E-state index in [-0.39, 0.29) is 6.61 Å². The fourth-order valence-electron chi connectivity index (χ4n) is 6.83. The van der Waals surface area contributed by atoms with Gasteiger partial charge in [0.15, 0.2) is 0 Å². The van der Waals surface area contributed by atoms with Gasteiger partial charge in [-0.05, 0) is 57.8 Å². The molecule has 0 bridgehead atoms. The van der Waals surface area contributed by atoms with E-state index in [4.69, 9.17) is 0 Å². The van der Waals surface area contributed by atoms with Gasteiger partial charge in [0.1, 0.15) is 6.10 Å². The number of nitrogens with one attached hydrogen (secondary N) is 1. The Kier molecular flexibility index (Phi) is 41.7. The minimum atomic E-state index is -1.11. The van der Waals surface area contributed by atoms with Crippen LogP contribution in [0.2, 0.25) is 0 Å². The molecule has 0 heterocycles. The smallest absolute Gasteiger partial charge is 0.249 e. The zero-order valence-corrected chi connectivity index (χ0v) is 35.1. The van der Waals surface area contributed by atoms with Crippen LogP contribution in [-0.2, 0) is 4.79 Å². The summed E-state index contributed by atoms with van der Waals surface area (Å²) in [6, 6.07) is -0.815. The summed E-state index contributed by atoms with van der Waals surface area (Å²) in [5.41, 5.74) is 0. The number of hydrogen-bond donors (Lipinski definition) is 4. The maximum atomic E-state index is 12.5. The van der Waals surface area contributed by atoms with E-state index in [0.29, 0.717) is 6.42 Å². The summed E-state index contributed by atoms with van der Waals surface area (Å²) in [5, 5.41) is 33.2. The summed E-state index contributed by atoms with van der Waals surface area (Å²) in [6.07, 6.45) is 55.8. The second kappa shape index (κ2) is 43.0. The zero-order valence-electron chi connectivity index (χ0n) is 35.1. The molecule has 0 spiro atoms. The first kappa shape index (κ1) is 51.3. The van der Waals surface area contributed by atoms with Gasteiger partial charge in [0.25, 0.3) is 0 Å². The van der Waals surface area contributed by atoms with Crippen molar-refractivity contribution >= 4 is 5.91 Å². The molecular formula is C48H89NO4. The molecule has 0 aromatic heterocycles. The fraction of sp³-hybridized carbons (Fsp3) is 0.812. The minimum Gasteiger partial charge on any atom is -0.394 e. The monoisotopic (exact) mass is 744 g/mol. The van der Waals surface area contributed by atoms with Crippen LogP contribution in [0.15, 0.2) is 48.6 Å². The second-order valence-electron chi connectivity index (χ2n) is 15.6. The Morgan fingerprint density at radius 1 is 0.491 bits per heavy atom. The van der Waals surface area contributed by atoms with E-state index >= 15 is 0 Å². The van der Waals surface area contributed by atoms with Crippen LogP contribution in [0.4, 0.5) is 0 Å². The second-order valence-corrected chi connectivity index (χ2v) is 15.6. The normalized spacial score (nSPS) is 14.0. The Bertz CT molecular complexity index is 866. The van der Waals surface area contributed by atoms with Crippen molar-refractivity contribution in [2.75, 3.05) is 6.61 Å². The minimum absolute atomic E-state index is 0.377. The van der Waals surface area contributed by atoms with Crippen molar-refractivity contribution in [3.8, 4) is 0 Å². The quantitative estimate of drug-likeness (QED) is 0.0371. The summed E-state index contributed by atoms with van der Waals surface area (Å²) in [6.45, 7) is 4.07. The molecule has 310 valence electrons. The van der Waals surface area contributed by atoms with Crippen LogP contribution in [0.5, 0.6) is 0 Å². The average Bonchev–Trinajstić information content (AvgIpc) is 3.16. The Morgan fingerprint density at radius 2 is 0.887 bits per heavy atom. The first-order valence-electron chi connectivity index (χ1n) is 23.0. The van der Waals surface area contributed by atoms with E-state index in [1.807, 2.05) is 6.08 Å². The molecule has 0 rings (SSSR count). The van der Waals surface area contributed by atoms with Gasteiger partial charge in [-0.1, -0.05) is 217 Å². The SMILES string of the molecule is CC/C=C\C/C=C\CCCCCCCCCCCCCCCC(O)C(=O)NC(CO)C(O)/C=C/CC/C=C/CCCCCCCCCCCCCCC. The highest BCUT2D eigenvalue weighted by molar-refractivity contribution is 5.80. The third-order valence-electron chi connectivity index (χ3n) is 10.4. The molecule has 0 aromatic carbocycles. The Hall–Kier alpha value is -1.69. The van der Waals surface area contributed by atoms with Crippen molar-refractivity contribution in [3.63, 3.8) is 0 Å². The number of hydrogen-bond acceptors (Lipinski definition) is 4. The lowest BCUT2D eigenvalue weighted by Crippen LogP contribution is -2.48. The predicted octanol–water partition coefficient (Wildman–Crippen LogP) is 13.3. The van der Waals surface area contributed by atoms with Gasteiger partial charge in [-0.2, -0.15) is 0 Å². The van der Waals surface area contributed by atoms with Crippen molar-refractivity contribution in [1.29, 1.82) is 0 Å². The van der Waals surface area contributed by atoms with Crippen LogP contribution >= 0.6 is 0 Å². The number of allylic oxidation sites excluding steroid dienone is 7. The van der Waals surface area contributed by atoms with E-state index in [0.717, 1.165) is 51.4 Å². The van der Waals surface area contributed by atoms with Crippen LogP contribution in [0.3, 0.4) is 0 Å². The molecule has 0 aromatic rings. The van der Waals surface area contributed by atoms with Gasteiger partial charge in [-0.25, -0.2) is 0 Å². The lowest BCUT2D eigenvalue weighted by Gasteiger charge is -2.21. The van der Waals surface area contributed by atoms with E-state index in [1.165, 1.54) is 154 Å². The number of amides is 1. The number of carbonyl (C=O) groups excluding carboxylic acids is 1. The van der Waals surface area contributed by atoms with E-state index in [1.54, 1.807) is 6.08 Å². The van der Waals surface area contributed by atoms with E-state index in [9.17, 15) is 20.1 Å². The molecule has 5 nitrogen and oxygen atoms in total. The molecule has 3 unspecified atom stereocenters. The molecule has 0 aliphatic rings. The van der Waals surface area contributed by atoms with Gasteiger partial charge >= 0.3 is 0 Å². The summed E-state index contributed by atoms with van der Waals surface area (Å²) in [4.78, 5) is 12.5. The fourth-order valence-corrected chi connectivity index (χ4v) is 6.83. The highest BCUT2D eigenvalue weighted by Crippen LogP contribution is 2.15. The number of unbranched alkanes of at least 4 members (excludes halogenated alkanes) is 27. The van der Waals surface area contributed by atoms with Gasteiger partial charge < -0.3 is 20.6 Å². The van der Waals surface area contributed by atoms with Crippen molar-refractivity contribution in [1.82, 2.24) is 5.32 Å². The van der Waals surface area contributed by atoms with Crippen molar-refractivity contribution < 1.29 is 20.1 Å². The highest BCUT2D eigenvalue weighted by atomic mass is 16.3. The van der Waals surface area contributed by atoms with E-state index in [2.05, 4.69) is 55.6 Å². The van der Waals surface area contributed by atoms with Crippen LogP contribution in [0.1, 0.15) is 226 Å². The van der Waals surface area contributed by atoms with Crippen molar-refractivity contribution in [3.05, 3.63) is 48.6 Å². The molecule has 3 atom stereocenters. The van der Waals surface area contributed by atoms with E-state index < -0.39 is 24.2 Å². The number of rotatable bonds is 41. The molecule has 0 radical (unpaired) electrons. The molecule has 4 N–H and O–H groups in total. The zero-order chi connectivity index (χ0) is 38.7. The van der Waals surface area contributed by atoms with Crippen molar-refractivity contribution in [2.45, 2.75) is 244 Å². The molecule has 53 heavy (non-hydrogen) atoms. The van der Waals surface area contributed by atoms with Crippen LogP contribution in [0.25, 0.3) is 0 Å². The lowest BCUT2D eigenvalue weighted by molar-refractivity contribution is -0.131. The number of aliphatic hydroxyl groups is 3. The number of carbonyl (C=O) groups is 1. The molecule has 0 aliphatic carbocycles. The van der Waals surface area contributed by atoms with Crippen LogP contribution in [-0.4, -0.2) is 46.1 Å². The summed E-state index contributed by atoms with van der Waals surface area (Å²) in [7, 11) is 0. The number of aliphatic hydroxyl groups excluding tert-OH is 3. The lowest BCUT2D eigenvalue weighted by atomic mass is 10.0. The topological polar surface area (TPSA) is 89.8 Å². The van der Waals surface area contributed by atoms with Crippen LogP contribution < -0.4 is 5.32 Å². The molecule has 0 saturated heterocycles. The first-order chi connectivity index (χ1) is 26.1. The summed E-state index contributed by atoms with van der Waals surface area (Å²) >= 11 is 0. The standard InChI is InChI=1S/C48H89NO4/c1-3-5-7-9-11-13-15-17-19-21-23-25-27-29-31-33-35-37-39-41-43-47(52)48(53)49-45(44-50)46(51)42-40-38-36-34-32-30-28-26-24-22-20-18-16-14-12-10-8-6-4-2/h5,7,11,13,32,34,40,42,45-47,50-52H,3-4,6,8-10,12,14-31,33,35-39,41,43-44H2,1-2H3,(H,49,53)/b7-5-,13-11-,34-32+,42-40+. The molecule has 0 fully saturated rings. The predicted molar refractivity (Wildman–Crippen MR) is 231 cm³/mol. The van der Waals surface area contributed by atoms with Crippen molar-refractivity contribution in [2.24, 2.45) is 0 Å². The first-order valence-corrected chi connectivity index (χ1v) is 23.0. The molecule has 0 aliphatic heterocycles. The average molecular weight is 744 g/mol. The molecule has 1 amide bonds. The van der Waals surface area contributed by atoms with Gasteiger partial charge in [-0.3, -0.25) is 4.79 Å². The maximum absolute atomic E-state index is 12.5. The third kappa shape index (κ3) is 38.4. The van der Waals surface area contributed by atoms with Gasteiger partial charge in [0, 0.05) is 0 Å². The van der Waals surface area contributed by atoms with Gasteiger partial charge in [0.05, 0.1) is 18.8 Å². The molecule has 0 saturated carbocycles. The van der Waals surface area contributed by atoms with Gasteiger partial charge in [-0.15, -0.1) is 0 Å².